The Morgan fingerprint density at radius 1 is 1.29 bits per heavy atom. The second kappa shape index (κ2) is 6.97. The van der Waals surface area contributed by atoms with Crippen molar-refractivity contribution in [2.75, 3.05) is 13.1 Å². The Morgan fingerprint density at radius 2 is 1.95 bits per heavy atom. The number of carbonyl (C=O) groups is 1. The monoisotopic (exact) mass is 313 g/mol. The molecule has 0 amide bonds. The van der Waals surface area contributed by atoms with Crippen molar-refractivity contribution in [2.45, 2.75) is 32.2 Å². The Labute approximate surface area is 124 Å². The molecule has 1 aromatic heterocycles. The molecular formula is C13H19N3O4S. The molecule has 8 heteroatoms. The van der Waals surface area contributed by atoms with E-state index in [9.17, 15) is 13.2 Å². The van der Waals surface area contributed by atoms with Crippen LogP contribution < -0.4 is 4.72 Å². The third-order valence-electron chi connectivity index (χ3n) is 3.40. The van der Waals surface area contributed by atoms with E-state index in [1.165, 1.54) is 22.6 Å². The Bertz CT molecular complexity index is 595. The molecule has 0 unspecified atom stereocenters. The summed E-state index contributed by atoms with van der Waals surface area (Å²) in [5, 5.41) is 8.90. The van der Waals surface area contributed by atoms with Crippen molar-refractivity contribution < 1.29 is 18.3 Å². The van der Waals surface area contributed by atoms with Crippen LogP contribution >= 0.6 is 0 Å². The van der Waals surface area contributed by atoms with Gasteiger partial charge in [0.1, 0.15) is 0 Å². The highest BCUT2D eigenvalue weighted by Crippen LogP contribution is 2.12. The Morgan fingerprint density at radius 3 is 2.57 bits per heavy atom. The summed E-state index contributed by atoms with van der Waals surface area (Å²) in [7, 11) is -3.54. The van der Waals surface area contributed by atoms with Gasteiger partial charge in [-0.05, 0) is 25.0 Å². The Kier molecular flexibility index (Phi) is 5.27. The number of carboxylic acids is 1. The predicted octanol–water partition coefficient (Wildman–Crippen LogP) is 0.990. The van der Waals surface area contributed by atoms with Crippen molar-refractivity contribution in [1.82, 2.24) is 14.0 Å². The number of nitrogens with one attached hydrogen (secondary N) is 1. The quantitative estimate of drug-likeness (QED) is 0.844. The van der Waals surface area contributed by atoms with Gasteiger partial charge in [0.15, 0.2) is 0 Å². The van der Waals surface area contributed by atoms with E-state index in [2.05, 4.69) is 9.71 Å². The van der Waals surface area contributed by atoms with E-state index >= 15 is 0 Å². The predicted molar refractivity (Wildman–Crippen MR) is 77.0 cm³/mol. The van der Waals surface area contributed by atoms with Crippen LogP contribution in [0.1, 0.15) is 41.7 Å². The normalized spacial score (nSPS) is 17.3. The van der Waals surface area contributed by atoms with E-state index in [4.69, 9.17) is 5.11 Å². The van der Waals surface area contributed by atoms with Crippen molar-refractivity contribution >= 4 is 16.2 Å². The van der Waals surface area contributed by atoms with Crippen LogP contribution in [0.25, 0.3) is 0 Å². The van der Waals surface area contributed by atoms with Gasteiger partial charge >= 0.3 is 5.97 Å². The smallest absolute Gasteiger partial charge is 0.335 e. The van der Waals surface area contributed by atoms with Crippen LogP contribution in [0.2, 0.25) is 0 Å². The summed E-state index contributed by atoms with van der Waals surface area (Å²) in [6, 6.07) is 2.74. The second-order valence-electron chi connectivity index (χ2n) is 4.98. The second-order valence-corrected chi connectivity index (χ2v) is 6.74. The fourth-order valence-corrected chi connectivity index (χ4v) is 3.50. The molecule has 1 aliphatic heterocycles. The molecule has 0 atom stereocenters. The molecule has 2 heterocycles. The number of rotatable bonds is 5. The van der Waals surface area contributed by atoms with Gasteiger partial charge in [-0.3, -0.25) is 4.98 Å². The number of pyridine rings is 1. The van der Waals surface area contributed by atoms with Crippen LogP contribution in [0.3, 0.4) is 0 Å². The molecule has 0 saturated carbocycles. The highest BCUT2D eigenvalue weighted by molar-refractivity contribution is 7.87. The average molecular weight is 313 g/mol. The van der Waals surface area contributed by atoms with Gasteiger partial charge in [-0.15, -0.1) is 0 Å². The number of carboxylic acid groups (broad SMARTS) is 1. The number of aromatic carboxylic acids is 1. The van der Waals surface area contributed by atoms with Gasteiger partial charge in [-0.2, -0.15) is 17.4 Å². The molecule has 0 aromatic carbocycles. The molecule has 116 valence electrons. The van der Waals surface area contributed by atoms with Crippen molar-refractivity contribution in [3.05, 3.63) is 29.6 Å². The van der Waals surface area contributed by atoms with E-state index < -0.39 is 16.2 Å². The van der Waals surface area contributed by atoms with Crippen molar-refractivity contribution in [2.24, 2.45) is 0 Å². The maximum atomic E-state index is 12.2. The number of nitrogens with zero attached hydrogens (tertiary/aromatic N) is 2. The lowest BCUT2D eigenvalue weighted by atomic mass is 10.2. The largest absolute Gasteiger partial charge is 0.478 e. The van der Waals surface area contributed by atoms with Gasteiger partial charge < -0.3 is 5.11 Å². The summed E-state index contributed by atoms with van der Waals surface area (Å²) in [6.07, 6.45) is 5.20. The fraction of sp³-hybridized carbons (Fsp3) is 0.538. The van der Waals surface area contributed by atoms with E-state index in [1.54, 1.807) is 0 Å². The highest BCUT2D eigenvalue weighted by Gasteiger charge is 2.22. The van der Waals surface area contributed by atoms with Gasteiger partial charge in [0.05, 0.1) is 17.8 Å². The van der Waals surface area contributed by atoms with E-state index in [0.717, 1.165) is 25.7 Å². The molecule has 21 heavy (non-hydrogen) atoms. The summed E-state index contributed by atoms with van der Waals surface area (Å²) >= 11 is 0. The van der Waals surface area contributed by atoms with Crippen LogP contribution in [0.15, 0.2) is 18.3 Å². The summed E-state index contributed by atoms with van der Waals surface area (Å²) < 4.78 is 28.3. The molecule has 0 radical (unpaired) electrons. The standard InChI is InChI=1S/C13H19N3O4S/c17-13(18)11-5-6-14-12(9-11)10-15-21(19,20)16-7-3-1-2-4-8-16/h5-6,9,15H,1-4,7-8,10H2,(H,17,18). The Balaban J connectivity index is 2.00. The first-order valence-corrected chi connectivity index (χ1v) is 8.36. The van der Waals surface area contributed by atoms with Gasteiger partial charge in [-0.25, -0.2) is 4.79 Å². The molecule has 1 aliphatic rings. The van der Waals surface area contributed by atoms with Crippen molar-refractivity contribution in [3.63, 3.8) is 0 Å². The third kappa shape index (κ3) is 4.48. The van der Waals surface area contributed by atoms with Crippen LogP contribution in [-0.4, -0.2) is 41.9 Å². The van der Waals surface area contributed by atoms with E-state index in [0.29, 0.717) is 18.8 Å². The van der Waals surface area contributed by atoms with E-state index in [1.807, 2.05) is 0 Å². The lowest BCUT2D eigenvalue weighted by molar-refractivity contribution is 0.0696. The molecule has 0 aliphatic carbocycles. The zero-order chi connectivity index (χ0) is 15.3. The first-order chi connectivity index (χ1) is 9.99. The van der Waals surface area contributed by atoms with Crippen molar-refractivity contribution in [3.8, 4) is 0 Å². The van der Waals surface area contributed by atoms with Gasteiger partial charge in [0.25, 0.3) is 10.2 Å². The molecule has 2 N–H and O–H groups in total. The van der Waals surface area contributed by atoms with Gasteiger partial charge in [0, 0.05) is 19.3 Å². The average Bonchev–Trinajstić information content (AvgIpc) is 2.75. The number of hydrogen-bond donors (Lipinski definition) is 2. The minimum Gasteiger partial charge on any atom is -0.478 e. The molecule has 1 aromatic rings. The molecule has 0 spiro atoms. The minimum atomic E-state index is -3.54. The van der Waals surface area contributed by atoms with Crippen LogP contribution in [0, 0.1) is 0 Å². The first kappa shape index (κ1) is 15.9. The summed E-state index contributed by atoms with van der Waals surface area (Å²) in [5.74, 6) is -1.06. The number of aromatic nitrogens is 1. The summed E-state index contributed by atoms with van der Waals surface area (Å²) in [5.41, 5.74) is 0.474. The maximum Gasteiger partial charge on any atom is 0.335 e. The summed E-state index contributed by atoms with van der Waals surface area (Å²) in [6.45, 7) is 1.04. The van der Waals surface area contributed by atoms with Crippen LogP contribution in [-0.2, 0) is 16.8 Å². The lowest BCUT2D eigenvalue weighted by Gasteiger charge is -2.20. The van der Waals surface area contributed by atoms with Crippen LogP contribution in [0.5, 0.6) is 0 Å². The Hall–Kier alpha value is -1.51. The molecule has 1 fully saturated rings. The zero-order valence-corrected chi connectivity index (χ0v) is 12.5. The lowest BCUT2D eigenvalue weighted by Crippen LogP contribution is -2.41. The molecule has 2 rings (SSSR count). The zero-order valence-electron chi connectivity index (χ0n) is 11.7. The first-order valence-electron chi connectivity index (χ1n) is 6.92. The van der Waals surface area contributed by atoms with Crippen molar-refractivity contribution in [1.29, 1.82) is 0 Å². The van der Waals surface area contributed by atoms with Gasteiger partial charge in [-0.1, -0.05) is 12.8 Å². The highest BCUT2D eigenvalue weighted by atomic mass is 32.2. The third-order valence-corrected chi connectivity index (χ3v) is 4.96. The van der Waals surface area contributed by atoms with Crippen LogP contribution in [0.4, 0.5) is 0 Å². The number of hydrogen-bond acceptors (Lipinski definition) is 4. The maximum absolute atomic E-state index is 12.2. The summed E-state index contributed by atoms with van der Waals surface area (Å²) in [4.78, 5) is 14.8. The van der Waals surface area contributed by atoms with Gasteiger partial charge in [0.2, 0.25) is 0 Å². The fourth-order valence-electron chi connectivity index (χ4n) is 2.25. The molecular weight excluding hydrogens is 294 g/mol. The minimum absolute atomic E-state index is 0.0139. The topological polar surface area (TPSA) is 99.6 Å². The SMILES string of the molecule is O=C(O)c1ccnc(CNS(=O)(=O)N2CCCCCC2)c1. The van der Waals surface area contributed by atoms with E-state index in [-0.39, 0.29) is 12.1 Å². The molecule has 7 nitrogen and oxygen atoms in total. The molecule has 0 bridgehead atoms. The molecule has 1 saturated heterocycles.